The second-order valence-electron chi connectivity index (χ2n) is 0. The van der Waals surface area contributed by atoms with Gasteiger partial charge in [-0.2, -0.15) is 0 Å². The molecule has 0 aliphatic carbocycles. The first-order valence-electron chi connectivity index (χ1n) is 0.204. The van der Waals surface area contributed by atoms with Gasteiger partial charge in [-0.05, 0) is 0 Å². The molecule has 0 unspecified atom stereocenters. The van der Waals surface area contributed by atoms with E-state index in [0.29, 0.717) is 22.5 Å². The molecular weight excluding hydrogens is 264 g/mol. The van der Waals surface area contributed by atoms with Crippen LogP contribution in [0.3, 0.4) is 0 Å². The van der Waals surface area contributed by atoms with Crippen LogP contribution in [0.2, 0.25) is 0 Å². The molecule has 0 aliphatic heterocycles. The fourth-order valence-electron chi connectivity index (χ4n) is 0. The van der Waals surface area contributed by atoms with E-state index in [1.54, 1.807) is 0 Å². The van der Waals surface area contributed by atoms with E-state index in [0.717, 1.165) is 0 Å². The van der Waals surface area contributed by atoms with Gasteiger partial charge in [0.05, 0.1) is 0 Å². The standard InChI is InChI=1S/In.H3N.O.Sn.3H/h;1H3;;;;;. The number of rotatable bonds is 0. The Bertz CT molecular complexity index is 8.00. The van der Waals surface area contributed by atoms with Crippen LogP contribution in [0.4, 0.5) is 0 Å². The Morgan fingerprint density at radius 2 is 1.25 bits per heavy atom. The topological polar surface area (TPSA) is 52.1 Å². The summed E-state index contributed by atoms with van der Waals surface area (Å²) in [5.41, 5.74) is 0. The predicted octanol–water partition coefficient (Wildman–Crippen LogP) is -1.52. The molecule has 0 aromatic carbocycles. The maximum atomic E-state index is 8.34. The fraction of sp³-hybridized carbons (Fsp3) is 0. The second-order valence-corrected chi connectivity index (χ2v) is 0. The zero-order valence-corrected chi connectivity index (χ0v) is 4.47. The summed E-state index contributed by atoms with van der Waals surface area (Å²) in [5, 5.41) is 0. The molecule has 0 rings (SSSR count). The number of hydrogen-bond donors (Lipinski definition) is 1. The number of hydrogen-bond acceptors (Lipinski definition) is 2. The molecule has 4 heavy (non-hydrogen) atoms. The third-order valence-corrected chi connectivity index (χ3v) is 0. The Labute approximate surface area is 57.2 Å². The van der Waals surface area contributed by atoms with E-state index < -0.39 is 0 Å². The van der Waals surface area contributed by atoms with E-state index in [2.05, 4.69) is 0 Å². The monoisotopic (exact) mass is 271 g/mol. The van der Waals surface area contributed by atoms with Crippen molar-refractivity contribution in [3.8, 4) is 0 Å². The Balaban J connectivity index is -0.00000000500. The van der Waals surface area contributed by atoms with Gasteiger partial charge in [-0.15, -0.1) is 0 Å². The van der Waals surface area contributed by atoms with Crippen LogP contribution in [0.5, 0.6) is 0 Å². The summed E-state index contributed by atoms with van der Waals surface area (Å²) < 4.78 is 8.34. The summed E-state index contributed by atoms with van der Waals surface area (Å²) in [6.07, 6.45) is 0. The van der Waals surface area contributed by atoms with Gasteiger partial charge in [0, 0.05) is 0 Å². The van der Waals surface area contributed by atoms with Crippen molar-refractivity contribution in [2.75, 3.05) is 0 Å². The molecule has 0 fully saturated rings. The van der Waals surface area contributed by atoms with Crippen LogP contribution in [0, 0.1) is 0 Å². The van der Waals surface area contributed by atoms with Gasteiger partial charge >= 0.3 is 51.4 Å². The van der Waals surface area contributed by atoms with Gasteiger partial charge in [0.25, 0.3) is 0 Å². The van der Waals surface area contributed by atoms with Crippen molar-refractivity contribution >= 4 is 48.4 Å². The van der Waals surface area contributed by atoms with Gasteiger partial charge in [0.1, 0.15) is 0 Å². The fourth-order valence-corrected chi connectivity index (χ4v) is 0. The third kappa shape index (κ3) is 9.91. The average Bonchev–Trinajstić information content (AvgIpc) is 1.00. The molecule has 0 spiro atoms. The second kappa shape index (κ2) is 25.5. The quantitative estimate of drug-likeness (QED) is 0.543. The van der Waals surface area contributed by atoms with Gasteiger partial charge in [-0.3, -0.25) is 0 Å². The molecule has 2 nitrogen and oxygen atoms in total. The van der Waals surface area contributed by atoms with E-state index >= 15 is 0 Å². The van der Waals surface area contributed by atoms with Crippen LogP contribution in [0.1, 0.15) is 0 Å². The zero-order valence-electron chi connectivity index (χ0n) is 1.62. The van der Waals surface area contributed by atoms with Crippen LogP contribution in [-0.2, 0) is 3.08 Å². The van der Waals surface area contributed by atoms with Crippen LogP contribution in [0.15, 0.2) is 0 Å². The van der Waals surface area contributed by atoms with Crippen molar-refractivity contribution in [2.45, 2.75) is 0 Å². The van der Waals surface area contributed by atoms with E-state index in [1.165, 1.54) is 0 Å². The van der Waals surface area contributed by atoms with Crippen LogP contribution < -0.4 is 6.15 Å². The van der Waals surface area contributed by atoms with Crippen molar-refractivity contribution < 1.29 is 3.08 Å². The third-order valence-electron chi connectivity index (χ3n) is 0. The summed E-state index contributed by atoms with van der Waals surface area (Å²) in [6.45, 7) is 0. The molecule has 2 radical (unpaired) electrons. The molecule has 0 saturated heterocycles. The van der Waals surface area contributed by atoms with Crippen molar-refractivity contribution in [3.63, 3.8) is 0 Å². The maximum absolute atomic E-state index is 8.34. The first-order valence-corrected chi connectivity index (χ1v) is 1.37. The van der Waals surface area contributed by atoms with E-state index in [4.69, 9.17) is 3.08 Å². The first kappa shape index (κ1) is 18.1. The van der Waals surface area contributed by atoms with E-state index in [9.17, 15) is 0 Å². The molecule has 0 atom stereocenters. The van der Waals surface area contributed by atoms with E-state index in [-0.39, 0.29) is 32.0 Å². The molecule has 0 bridgehead atoms. The predicted molar refractivity (Wildman–Crippen MR) is 21.4 cm³/mol. The molecular formula is H6InNOSn. The molecule has 0 aliphatic rings. The molecule has 24 valence electrons. The Kier molecular flexibility index (Phi) is 115. The van der Waals surface area contributed by atoms with Gasteiger partial charge in [-0.1, -0.05) is 0 Å². The summed E-state index contributed by atoms with van der Waals surface area (Å²) >= 11 is 0.300. The van der Waals surface area contributed by atoms with Crippen LogP contribution in [0.25, 0.3) is 0 Å². The Morgan fingerprint density at radius 1 is 1.25 bits per heavy atom. The molecule has 0 aromatic heterocycles. The minimum absolute atomic E-state index is 0. The molecule has 0 amide bonds. The zero-order chi connectivity index (χ0) is 2.00. The first-order chi connectivity index (χ1) is 1.00. The van der Waals surface area contributed by atoms with Crippen molar-refractivity contribution in [1.82, 2.24) is 6.15 Å². The summed E-state index contributed by atoms with van der Waals surface area (Å²) in [5.74, 6) is 0. The summed E-state index contributed by atoms with van der Waals surface area (Å²) in [6, 6.07) is 0. The Hall–Kier alpha value is 1.43. The molecule has 3 N–H and O–H groups in total. The van der Waals surface area contributed by atoms with Gasteiger partial charge in [0.2, 0.25) is 0 Å². The van der Waals surface area contributed by atoms with Gasteiger partial charge in [-0.25, -0.2) is 0 Å². The van der Waals surface area contributed by atoms with Gasteiger partial charge in [0.15, 0.2) is 0 Å². The van der Waals surface area contributed by atoms with Crippen molar-refractivity contribution in [3.05, 3.63) is 0 Å². The average molecular weight is 270 g/mol. The Morgan fingerprint density at radius 3 is 1.25 bits per heavy atom. The molecule has 0 saturated carbocycles. The van der Waals surface area contributed by atoms with Gasteiger partial charge < -0.3 is 6.15 Å². The van der Waals surface area contributed by atoms with E-state index in [1.807, 2.05) is 0 Å². The van der Waals surface area contributed by atoms with Crippen LogP contribution >= 0.6 is 0 Å². The summed E-state index contributed by atoms with van der Waals surface area (Å²) in [4.78, 5) is 0. The molecule has 0 heterocycles. The molecule has 4 heteroatoms. The van der Waals surface area contributed by atoms with Crippen molar-refractivity contribution in [1.29, 1.82) is 0 Å². The van der Waals surface area contributed by atoms with Crippen LogP contribution in [-0.4, -0.2) is 48.4 Å². The SMILES string of the molecule is N.[InH3].[O]=[Sn]. The van der Waals surface area contributed by atoms with Crippen molar-refractivity contribution in [2.24, 2.45) is 0 Å². The normalized spacial score (nSPS) is 1.00. The summed E-state index contributed by atoms with van der Waals surface area (Å²) in [7, 11) is 0. The molecule has 0 aromatic rings. The minimum atomic E-state index is 0.